The van der Waals surface area contributed by atoms with Crippen LogP contribution in [0.4, 0.5) is 0 Å². The summed E-state index contributed by atoms with van der Waals surface area (Å²) < 4.78 is 27.0. The molecule has 0 aliphatic carbocycles. The van der Waals surface area contributed by atoms with Gasteiger partial charge in [-0.05, 0) is 12.2 Å². The van der Waals surface area contributed by atoms with Crippen molar-refractivity contribution < 1.29 is 13.2 Å². The number of nitrogens with one attached hydrogen (secondary N) is 1. The number of fused-ring (bicyclic) bond motifs is 1. The van der Waals surface area contributed by atoms with E-state index in [2.05, 4.69) is 5.32 Å². The maximum atomic E-state index is 11.0. The highest BCUT2D eigenvalue weighted by molar-refractivity contribution is 7.91. The van der Waals surface area contributed by atoms with Crippen molar-refractivity contribution >= 4 is 27.2 Å². The first-order valence-electron chi connectivity index (χ1n) is 3.24. The maximum Gasteiger partial charge on any atom is 0.257 e. The van der Waals surface area contributed by atoms with Gasteiger partial charge in [0.15, 0.2) is 9.84 Å². The van der Waals surface area contributed by atoms with E-state index in [1.807, 2.05) is 0 Å². The van der Waals surface area contributed by atoms with Gasteiger partial charge in [0.1, 0.15) is 6.10 Å². The Labute approximate surface area is 69.8 Å². The molecule has 0 amide bonds. The van der Waals surface area contributed by atoms with Crippen molar-refractivity contribution in [2.24, 2.45) is 0 Å². The lowest BCUT2D eigenvalue weighted by Gasteiger charge is -2.00. The number of thiocarbonyl (C=S) groups is 1. The summed E-state index contributed by atoms with van der Waals surface area (Å²) in [6.07, 6.45) is -0.243. The second kappa shape index (κ2) is 2.07. The first kappa shape index (κ1) is 7.30. The third kappa shape index (κ3) is 1.20. The van der Waals surface area contributed by atoms with Crippen molar-refractivity contribution in [2.45, 2.75) is 12.1 Å². The zero-order valence-electron chi connectivity index (χ0n) is 5.61. The standard InChI is InChI=1S/C5H7NO3S2/c7-11(8)1-3-4(2-11)9-5(10)6-3/h3-4H,1-2H2,(H,6,10)/t3-,4-/m0/s1. The van der Waals surface area contributed by atoms with Crippen LogP contribution in [0.5, 0.6) is 0 Å². The van der Waals surface area contributed by atoms with E-state index in [0.717, 1.165) is 0 Å². The van der Waals surface area contributed by atoms with Gasteiger partial charge in [0.25, 0.3) is 5.17 Å². The van der Waals surface area contributed by atoms with E-state index in [-0.39, 0.29) is 23.7 Å². The molecule has 0 spiro atoms. The van der Waals surface area contributed by atoms with Crippen LogP contribution in [0, 0.1) is 0 Å². The SMILES string of the molecule is O=S1(=O)C[C@@H]2NC(=S)O[C@H]2C1. The van der Waals surface area contributed by atoms with Gasteiger partial charge in [-0.2, -0.15) is 0 Å². The van der Waals surface area contributed by atoms with Gasteiger partial charge in [0, 0.05) is 0 Å². The molecule has 4 nitrogen and oxygen atoms in total. The molecule has 6 heteroatoms. The van der Waals surface area contributed by atoms with E-state index in [4.69, 9.17) is 17.0 Å². The normalized spacial score (nSPS) is 39.5. The van der Waals surface area contributed by atoms with Gasteiger partial charge in [0.05, 0.1) is 17.5 Å². The summed E-state index contributed by atoms with van der Waals surface area (Å²) in [7, 11) is -2.88. The first-order valence-corrected chi connectivity index (χ1v) is 5.47. The molecule has 0 unspecified atom stereocenters. The summed E-state index contributed by atoms with van der Waals surface area (Å²) in [6, 6.07) is -0.104. The van der Waals surface area contributed by atoms with Crippen LogP contribution in [-0.4, -0.2) is 37.2 Å². The molecule has 0 radical (unpaired) electrons. The van der Waals surface area contributed by atoms with E-state index < -0.39 is 9.84 Å². The lowest BCUT2D eigenvalue weighted by atomic mass is 10.2. The molecule has 2 heterocycles. The van der Waals surface area contributed by atoms with Crippen LogP contribution in [0.3, 0.4) is 0 Å². The smallest absolute Gasteiger partial charge is 0.257 e. The molecule has 0 aromatic heterocycles. The van der Waals surface area contributed by atoms with Crippen molar-refractivity contribution in [1.82, 2.24) is 5.32 Å². The van der Waals surface area contributed by atoms with E-state index in [1.165, 1.54) is 0 Å². The van der Waals surface area contributed by atoms with Gasteiger partial charge >= 0.3 is 0 Å². The molecule has 1 N–H and O–H groups in total. The summed E-state index contributed by atoms with van der Waals surface area (Å²) in [5.41, 5.74) is 0. The fourth-order valence-electron chi connectivity index (χ4n) is 1.39. The number of ether oxygens (including phenoxy) is 1. The highest BCUT2D eigenvalue weighted by Gasteiger charge is 2.44. The van der Waals surface area contributed by atoms with Crippen LogP contribution in [0.2, 0.25) is 0 Å². The van der Waals surface area contributed by atoms with Gasteiger partial charge in [-0.3, -0.25) is 0 Å². The Morgan fingerprint density at radius 2 is 2.27 bits per heavy atom. The Balaban J connectivity index is 2.22. The summed E-state index contributed by atoms with van der Waals surface area (Å²) >= 11 is 4.72. The van der Waals surface area contributed by atoms with E-state index in [1.54, 1.807) is 0 Å². The van der Waals surface area contributed by atoms with Gasteiger partial charge in [-0.25, -0.2) is 8.42 Å². The molecule has 0 aromatic rings. The predicted octanol–water partition coefficient (Wildman–Crippen LogP) is -0.943. The van der Waals surface area contributed by atoms with Crippen LogP contribution >= 0.6 is 12.2 Å². The van der Waals surface area contributed by atoms with Crippen molar-refractivity contribution in [2.75, 3.05) is 11.5 Å². The lowest BCUT2D eigenvalue weighted by molar-refractivity contribution is 0.243. The molecule has 2 atom stereocenters. The van der Waals surface area contributed by atoms with Gasteiger partial charge in [-0.15, -0.1) is 0 Å². The highest BCUT2D eigenvalue weighted by Crippen LogP contribution is 2.20. The summed E-state index contributed by atoms with van der Waals surface area (Å²) in [4.78, 5) is 0. The van der Waals surface area contributed by atoms with Crippen LogP contribution < -0.4 is 5.32 Å². The van der Waals surface area contributed by atoms with Crippen LogP contribution in [0.15, 0.2) is 0 Å². The summed E-state index contributed by atoms with van der Waals surface area (Å²) in [5.74, 6) is 0.253. The molecule has 11 heavy (non-hydrogen) atoms. The van der Waals surface area contributed by atoms with Crippen molar-refractivity contribution in [3.63, 3.8) is 0 Å². The Kier molecular flexibility index (Phi) is 1.37. The molecule has 2 saturated heterocycles. The number of rotatable bonds is 0. The predicted molar refractivity (Wildman–Crippen MR) is 43.0 cm³/mol. The largest absolute Gasteiger partial charge is 0.464 e. The van der Waals surface area contributed by atoms with Gasteiger partial charge in [-0.1, -0.05) is 0 Å². The molecule has 2 fully saturated rings. The number of hydrogen-bond donors (Lipinski definition) is 1. The molecule has 0 saturated carbocycles. The second-order valence-corrected chi connectivity index (χ2v) is 5.30. The number of hydrogen-bond acceptors (Lipinski definition) is 4. The van der Waals surface area contributed by atoms with Crippen molar-refractivity contribution in [3.05, 3.63) is 0 Å². The zero-order valence-corrected chi connectivity index (χ0v) is 7.24. The third-order valence-electron chi connectivity index (χ3n) is 1.86. The highest BCUT2D eigenvalue weighted by atomic mass is 32.2. The molecule has 2 rings (SSSR count). The average Bonchev–Trinajstić information content (AvgIpc) is 2.17. The minimum absolute atomic E-state index is 0.102. The topological polar surface area (TPSA) is 55.4 Å². The van der Waals surface area contributed by atoms with Crippen molar-refractivity contribution in [3.8, 4) is 0 Å². The van der Waals surface area contributed by atoms with Gasteiger partial charge in [0.2, 0.25) is 0 Å². The minimum Gasteiger partial charge on any atom is -0.464 e. The fourth-order valence-corrected chi connectivity index (χ4v) is 3.45. The van der Waals surface area contributed by atoms with E-state index in [0.29, 0.717) is 5.17 Å². The first-order chi connectivity index (χ1) is 5.07. The van der Waals surface area contributed by atoms with E-state index >= 15 is 0 Å². The summed E-state index contributed by atoms with van der Waals surface area (Å²) in [5, 5.41) is 3.13. The monoisotopic (exact) mass is 193 g/mol. The Bertz CT molecular complexity index is 275. The van der Waals surface area contributed by atoms with E-state index in [9.17, 15) is 8.42 Å². The minimum atomic E-state index is -2.88. The molecular weight excluding hydrogens is 186 g/mol. The maximum absolute atomic E-state index is 11.0. The number of sulfone groups is 1. The lowest BCUT2D eigenvalue weighted by Crippen LogP contribution is -2.30. The molecule has 0 aromatic carbocycles. The molecule has 0 bridgehead atoms. The quantitative estimate of drug-likeness (QED) is 0.503. The fraction of sp³-hybridized carbons (Fsp3) is 0.800. The molecular formula is C5H7NO3S2. The molecule has 62 valence electrons. The zero-order chi connectivity index (χ0) is 8.06. The van der Waals surface area contributed by atoms with Gasteiger partial charge < -0.3 is 10.1 Å². The summed E-state index contributed by atoms with van der Waals surface area (Å²) in [6.45, 7) is 0. The third-order valence-corrected chi connectivity index (χ3v) is 3.78. The Morgan fingerprint density at radius 3 is 2.91 bits per heavy atom. The van der Waals surface area contributed by atoms with Crippen LogP contribution in [0.1, 0.15) is 0 Å². The molecule has 2 aliphatic rings. The van der Waals surface area contributed by atoms with Crippen LogP contribution in [-0.2, 0) is 14.6 Å². The second-order valence-electron chi connectivity index (χ2n) is 2.77. The average molecular weight is 193 g/mol. The van der Waals surface area contributed by atoms with Crippen LogP contribution in [0.25, 0.3) is 0 Å². The Morgan fingerprint density at radius 1 is 1.55 bits per heavy atom. The Hall–Kier alpha value is -0.360. The van der Waals surface area contributed by atoms with Crippen molar-refractivity contribution in [1.29, 1.82) is 0 Å². The molecule has 2 aliphatic heterocycles.